The predicted molar refractivity (Wildman–Crippen MR) is 58.8 cm³/mol. The molecule has 0 spiro atoms. The topological polar surface area (TPSA) is 22.1 Å². The van der Waals surface area contributed by atoms with Crippen LogP contribution in [0.15, 0.2) is 12.3 Å². The Kier molecular flexibility index (Phi) is 4.82. The highest BCUT2D eigenvalue weighted by molar-refractivity contribution is 6.17. The maximum absolute atomic E-state index is 13.6. The molecular weight excluding hydrogens is 217 g/mol. The van der Waals surface area contributed by atoms with Crippen LogP contribution in [0, 0.1) is 5.82 Å². The van der Waals surface area contributed by atoms with Crippen molar-refractivity contribution >= 4 is 11.6 Å². The van der Waals surface area contributed by atoms with Crippen LogP contribution in [-0.4, -0.2) is 11.1 Å². The van der Waals surface area contributed by atoms with E-state index in [1.165, 1.54) is 6.20 Å². The fourth-order valence-corrected chi connectivity index (χ4v) is 1.51. The van der Waals surface area contributed by atoms with E-state index in [1.54, 1.807) is 6.07 Å². The van der Waals surface area contributed by atoms with Gasteiger partial charge in [-0.3, -0.25) is 0 Å². The molecule has 0 aliphatic heterocycles. The van der Waals surface area contributed by atoms with Gasteiger partial charge in [-0.15, -0.1) is 11.6 Å². The van der Waals surface area contributed by atoms with Crippen LogP contribution in [0.5, 0.6) is 5.88 Å². The summed E-state index contributed by atoms with van der Waals surface area (Å²) in [4.78, 5) is 3.85. The van der Waals surface area contributed by atoms with Crippen LogP contribution in [-0.2, 0) is 5.88 Å². The highest BCUT2D eigenvalue weighted by Crippen LogP contribution is 2.20. The van der Waals surface area contributed by atoms with Gasteiger partial charge in [0.25, 0.3) is 5.88 Å². The molecule has 0 saturated carbocycles. The molecule has 0 aliphatic rings. The summed E-state index contributed by atoms with van der Waals surface area (Å²) in [5, 5.41) is 0. The Morgan fingerprint density at radius 1 is 1.60 bits per heavy atom. The van der Waals surface area contributed by atoms with Gasteiger partial charge in [0.05, 0.1) is 12.0 Å². The van der Waals surface area contributed by atoms with Crippen LogP contribution >= 0.6 is 11.6 Å². The summed E-state index contributed by atoms with van der Waals surface area (Å²) in [6.45, 7) is 3.96. The van der Waals surface area contributed by atoms with Gasteiger partial charge < -0.3 is 4.74 Å². The van der Waals surface area contributed by atoms with Gasteiger partial charge in [0.2, 0.25) is 0 Å². The van der Waals surface area contributed by atoms with E-state index in [4.69, 9.17) is 16.3 Å². The summed E-state index contributed by atoms with van der Waals surface area (Å²) >= 11 is 5.58. The van der Waals surface area contributed by atoms with Gasteiger partial charge in [-0.1, -0.05) is 13.3 Å². The third-order valence-corrected chi connectivity index (χ3v) is 2.38. The largest absolute Gasteiger partial charge is 0.473 e. The smallest absolute Gasteiger partial charge is 0.250 e. The van der Waals surface area contributed by atoms with Crippen molar-refractivity contribution in [3.05, 3.63) is 23.6 Å². The number of aromatic nitrogens is 1. The van der Waals surface area contributed by atoms with E-state index in [-0.39, 0.29) is 17.9 Å². The molecule has 2 nitrogen and oxygen atoms in total. The first-order valence-electron chi connectivity index (χ1n) is 5.05. The van der Waals surface area contributed by atoms with Crippen molar-refractivity contribution in [2.24, 2.45) is 0 Å². The van der Waals surface area contributed by atoms with Crippen molar-refractivity contribution in [3.63, 3.8) is 0 Å². The first kappa shape index (κ1) is 12.2. The van der Waals surface area contributed by atoms with Gasteiger partial charge >= 0.3 is 0 Å². The monoisotopic (exact) mass is 231 g/mol. The number of halogens is 2. The lowest BCUT2D eigenvalue weighted by molar-refractivity contribution is 0.191. The van der Waals surface area contributed by atoms with Crippen molar-refractivity contribution in [1.29, 1.82) is 0 Å². The van der Waals surface area contributed by atoms with E-state index in [2.05, 4.69) is 11.9 Å². The van der Waals surface area contributed by atoms with Crippen molar-refractivity contribution in [2.45, 2.75) is 38.7 Å². The summed E-state index contributed by atoms with van der Waals surface area (Å²) in [5.74, 6) is -0.267. The van der Waals surface area contributed by atoms with E-state index >= 15 is 0 Å². The van der Waals surface area contributed by atoms with Gasteiger partial charge in [0.1, 0.15) is 0 Å². The van der Waals surface area contributed by atoms with Crippen molar-refractivity contribution in [2.75, 3.05) is 0 Å². The van der Waals surface area contributed by atoms with Gasteiger partial charge in [-0.25, -0.2) is 9.37 Å². The Morgan fingerprint density at radius 3 is 2.93 bits per heavy atom. The van der Waals surface area contributed by atoms with Gasteiger partial charge in [0.15, 0.2) is 5.82 Å². The molecule has 0 amide bonds. The Labute approximate surface area is 94.4 Å². The van der Waals surface area contributed by atoms with Gasteiger partial charge in [-0.05, 0) is 19.4 Å². The minimum Gasteiger partial charge on any atom is -0.473 e. The molecule has 1 aromatic heterocycles. The summed E-state index contributed by atoms with van der Waals surface area (Å²) < 4.78 is 19.0. The lowest BCUT2D eigenvalue weighted by Gasteiger charge is -2.13. The van der Waals surface area contributed by atoms with Crippen LogP contribution < -0.4 is 4.74 Å². The summed E-state index contributed by atoms with van der Waals surface area (Å²) in [5.41, 5.74) is 0.422. The molecular formula is C11H15ClFNO. The van der Waals surface area contributed by atoms with E-state index in [9.17, 15) is 4.39 Å². The van der Waals surface area contributed by atoms with Gasteiger partial charge in [-0.2, -0.15) is 0 Å². The van der Waals surface area contributed by atoms with Crippen molar-refractivity contribution in [1.82, 2.24) is 4.98 Å². The van der Waals surface area contributed by atoms with E-state index in [0.717, 1.165) is 12.8 Å². The highest BCUT2D eigenvalue weighted by atomic mass is 35.5. The number of alkyl halides is 1. The zero-order valence-corrected chi connectivity index (χ0v) is 9.72. The number of hydrogen-bond acceptors (Lipinski definition) is 2. The fraction of sp³-hybridized carbons (Fsp3) is 0.545. The summed E-state index contributed by atoms with van der Waals surface area (Å²) in [7, 11) is 0. The highest BCUT2D eigenvalue weighted by Gasteiger charge is 2.12. The molecule has 1 aromatic rings. The molecule has 0 aliphatic carbocycles. The number of hydrogen-bond donors (Lipinski definition) is 0. The number of rotatable bonds is 5. The molecule has 0 fully saturated rings. The minimum absolute atomic E-state index is 0.0254. The first-order chi connectivity index (χ1) is 7.19. The molecule has 1 atom stereocenters. The normalized spacial score (nSPS) is 12.5. The average Bonchev–Trinajstić information content (AvgIpc) is 2.21. The zero-order chi connectivity index (χ0) is 11.3. The second-order valence-electron chi connectivity index (χ2n) is 3.44. The predicted octanol–water partition coefficient (Wildman–Crippen LogP) is 3.53. The minimum atomic E-state index is -0.449. The maximum atomic E-state index is 13.6. The average molecular weight is 232 g/mol. The Morgan fingerprint density at radius 2 is 2.33 bits per heavy atom. The standard InChI is InChI=1S/C11H15ClFNO/c1-3-4-8(2)15-11-10(13)9(7-12)5-6-14-11/h5-6,8H,3-4,7H2,1-2H3. The van der Waals surface area contributed by atoms with Crippen LogP contribution in [0.1, 0.15) is 32.3 Å². The summed E-state index contributed by atoms with van der Waals surface area (Å²) in [6.07, 6.45) is 3.36. The van der Waals surface area contributed by atoms with Crippen LogP contribution in [0.3, 0.4) is 0 Å². The first-order valence-corrected chi connectivity index (χ1v) is 5.58. The molecule has 84 valence electrons. The number of ether oxygens (including phenoxy) is 1. The molecule has 0 bridgehead atoms. The quantitative estimate of drug-likeness (QED) is 0.724. The Balaban J connectivity index is 2.76. The van der Waals surface area contributed by atoms with E-state index in [1.807, 2.05) is 6.92 Å². The molecule has 0 radical (unpaired) electrons. The van der Waals surface area contributed by atoms with Gasteiger partial charge in [0, 0.05) is 11.8 Å². The van der Waals surface area contributed by atoms with Crippen LogP contribution in [0.2, 0.25) is 0 Å². The molecule has 1 heterocycles. The number of nitrogens with zero attached hydrogens (tertiary/aromatic N) is 1. The zero-order valence-electron chi connectivity index (χ0n) is 8.96. The van der Waals surface area contributed by atoms with E-state index in [0.29, 0.717) is 5.56 Å². The number of pyridine rings is 1. The fourth-order valence-electron chi connectivity index (χ4n) is 1.30. The molecule has 1 rings (SSSR count). The lowest BCUT2D eigenvalue weighted by atomic mass is 10.2. The van der Waals surface area contributed by atoms with Crippen molar-refractivity contribution < 1.29 is 9.13 Å². The Hall–Kier alpha value is -0.830. The van der Waals surface area contributed by atoms with Crippen LogP contribution in [0.25, 0.3) is 0 Å². The molecule has 0 saturated heterocycles. The second-order valence-corrected chi connectivity index (χ2v) is 3.71. The third-order valence-electron chi connectivity index (χ3n) is 2.09. The maximum Gasteiger partial charge on any atom is 0.250 e. The van der Waals surface area contributed by atoms with Crippen molar-refractivity contribution in [3.8, 4) is 5.88 Å². The Bertz CT molecular complexity index is 319. The van der Waals surface area contributed by atoms with Crippen LogP contribution in [0.4, 0.5) is 4.39 Å². The molecule has 4 heteroatoms. The molecule has 15 heavy (non-hydrogen) atoms. The second kappa shape index (κ2) is 5.91. The third kappa shape index (κ3) is 3.34. The molecule has 0 N–H and O–H groups in total. The SMILES string of the molecule is CCCC(C)Oc1nccc(CCl)c1F. The summed E-state index contributed by atoms with van der Waals surface area (Å²) in [6, 6.07) is 1.56. The lowest BCUT2D eigenvalue weighted by Crippen LogP contribution is -2.13. The molecule has 1 unspecified atom stereocenters. The van der Waals surface area contributed by atoms with E-state index < -0.39 is 5.82 Å². The molecule has 0 aromatic carbocycles.